The van der Waals surface area contributed by atoms with Gasteiger partial charge in [-0.3, -0.25) is 4.79 Å². The topological polar surface area (TPSA) is 45.8 Å². The fraction of sp³-hybridized carbons (Fsp3) is 0.200. The van der Waals surface area contributed by atoms with Gasteiger partial charge in [0.15, 0.2) is 0 Å². The first kappa shape index (κ1) is 15.2. The van der Waals surface area contributed by atoms with Gasteiger partial charge in [-0.1, -0.05) is 74.0 Å². The van der Waals surface area contributed by atoms with E-state index in [0.29, 0.717) is 11.4 Å². The van der Waals surface area contributed by atoms with Crippen LogP contribution in [-0.4, -0.2) is 9.97 Å². The average molecular weight is 304 g/mol. The van der Waals surface area contributed by atoms with Gasteiger partial charge >= 0.3 is 0 Å². The number of unbranched alkanes of at least 4 members (excludes halogenated alkanes) is 1. The SMILES string of the molecule is CCCCc1nc(-c2ccccc2)[nH]c(=O)c1-c1ccccc1. The van der Waals surface area contributed by atoms with E-state index < -0.39 is 0 Å². The molecule has 0 unspecified atom stereocenters. The van der Waals surface area contributed by atoms with E-state index in [1.807, 2.05) is 60.7 Å². The molecule has 3 rings (SSSR count). The third-order valence-electron chi connectivity index (χ3n) is 3.87. The molecule has 3 nitrogen and oxygen atoms in total. The van der Waals surface area contributed by atoms with Gasteiger partial charge in [0.25, 0.3) is 5.56 Å². The second kappa shape index (κ2) is 7.05. The molecular weight excluding hydrogens is 284 g/mol. The lowest BCUT2D eigenvalue weighted by Gasteiger charge is -2.10. The molecule has 0 saturated carbocycles. The van der Waals surface area contributed by atoms with E-state index >= 15 is 0 Å². The summed E-state index contributed by atoms with van der Waals surface area (Å²) in [6.07, 6.45) is 2.90. The molecule has 23 heavy (non-hydrogen) atoms. The lowest BCUT2D eigenvalue weighted by molar-refractivity contribution is 0.774. The number of rotatable bonds is 5. The largest absolute Gasteiger partial charge is 0.306 e. The minimum atomic E-state index is -0.0730. The summed E-state index contributed by atoms with van der Waals surface area (Å²) in [7, 11) is 0. The van der Waals surface area contributed by atoms with E-state index in [2.05, 4.69) is 11.9 Å². The Morgan fingerprint density at radius 2 is 1.52 bits per heavy atom. The zero-order valence-corrected chi connectivity index (χ0v) is 13.3. The number of aromatic nitrogens is 2. The van der Waals surface area contributed by atoms with Gasteiger partial charge in [-0.05, 0) is 18.4 Å². The normalized spacial score (nSPS) is 10.7. The number of aromatic amines is 1. The third kappa shape index (κ3) is 3.39. The Hall–Kier alpha value is -2.68. The van der Waals surface area contributed by atoms with Gasteiger partial charge in [0.1, 0.15) is 5.82 Å². The van der Waals surface area contributed by atoms with E-state index in [4.69, 9.17) is 4.98 Å². The maximum Gasteiger partial charge on any atom is 0.259 e. The molecule has 3 heteroatoms. The minimum absolute atomic E-state index is 0.0730. The number of aryl methyl sites for hydroxylation is 1. The summed E-state index contributed by atoms with van der Waals surface area (Å²) < 4.78 is 0. The summed E-state index contributed by atoms with van der Waals surface area (Å²) >= 11 is 0. The summed E-state index contributed by atoms with van der Waals surface area (Å²) in [5, 5.41) is 0. The van der Waals surface area contributed by atoms with Crippen LogP contribution in [0.2, 0.25) is 0 Å². The zero-order chi connectivity index (χ0) is 16.1. The van der Waals surface area contributed by atoms with Crippen LogP contribution in [0.3, 0.4) is 0 Å². The summed E-state index contributed by atoms with van der Waals surface area (Å²) in [5.74, 6) is 0.640. The average Bonchev–Trinajstić information content (AvgIpc) is 2.61. The number of nitrogens with zero attached hydrogens (tertiary/aromatic N) is 1. The Morgan fingerprint density at radius 1 is 0.913 bits per heavy atom. The number of benzene rings is 2. The second-order valence-electron chi connectivity index (χ2n) is 5.57. The van der Waals surface area contributed by atoms with E-state index in [9.17, 15) is 4.79 Å². The van der Waals surface area contributed by atoms with Crippen molar-refractivity contribution in [2.45, 2.75) is 26.2 Å². The Bertz CT molecular complexity index is 823. The first-order chi connectivity index (χ1) is 11.3. The maximum absolute atomic E-state index is 12.7. The molecule has 0 atom stereocenters. The first-order valence-electron chi connectivity index (χ1n) is 8.03. The van der Waals surface area contributed by atoms with Crippen LogP contribution >= 0.6 is 0 Å². The summed E-state index contributed by atoms with van der Waals surface area (Å²) in [6.45, 7) is 2.15. The van der Waals surface area contributed by atoms with Gasteiger partial charge in [-0.2, -0.15) is 0 Å². The van der Waals surface area contributed by atoms with Gasteiger partial charge in [-0.25, -0.2) is 4.98 Å². The van der Waals surface area contributed by atoms with E-state index in [1.54, 1.807) is 0 Å². The summed E-state index contributed by atoms with van der Waals surface area (Å²) in [4.78, 5) is 20.4. The van der Waals surface area contributed by atoms with Crippen molar-refractivity contribution in [1.29, 1.82) is 0 Å². The van der Waals surface area contributed by atoms with Gasteiger partial charge < -0.3 is 4.98 Å². The highest BCUT2D eigenvalue weighted by Crippen LogP contribution is 2.22. The van der Waals surface area contributed by atoms with Crippen molar-refractivity contribution >= 4 is 0 Å². The van der Waals surface area contributed by atoms with Crippen LogP contribution in [-0.2, 0) is 6.42 Å². The molecule has 0 aliphatic rings. The monoisotopic (exact) mass is 304 g/mol. The summed E-state index contributed by atoms with van der Waals surface area (Å²) in [6, 6.07) is 19.6. The van der Waals surface area contributed by atoms with Gasteiger partial charge in [0.05, 0.1) is 11.3 Å². The number of hydrogen-bond acceptors (Lipinski definition) is 2. The minimum Gasteiger partial charge on any atom is -0.306 e. The molecule has 0 aliphatic carbocycles. The Labute approximate surface area is 136 Å². The Morgan fingerprint density at radius 3 is 2.13 bits per heavy atom. The predicted octanol–water partition coefficient (Wildman–Crippen LogP) is 4.45. The fourth-order valence-electron chi connectivity index (χ4n) is 2.68. The molecule has 0 bridgehead atoms. The third-order valence-corrected chi connectivity index (χ3v) is 3.87. The molecule has 1 heterocycles. The molecule has 0 amide bonds. The van der Waals surface area contributed by atoms with Crippen LogP contribution in [0.15, 0.2) is 65.5 Å². The molecule has 1 N–H and O–H groups in total. The standard InChI is InChI=1S/C20H20N2O/c1-2-3-14-17-18(15-10-6-4-7-11-15)20(23)22-19(21-17)16-12-8-5-9-13-16/h4-13H,2-3,14H2,1H3,(H,21,22,23). The Kier molecular flexibility index (Phi) is 4.67. The second-order valence-corrected chi connectivity index (χ2v) is 5.57. The maximum atomic E-state index is 12.7. The van der Waals surface area contributed by atoms with Crippen molar-refractivity contribution in [3.63, 3.8) is 0 Å². The molecule has 0 spiro atoms. The molecule has 1 aromatic heterocycles. The van der Waals surface area contributed by atoms with Gasteiger partial charge in [0.2, 0.25) is 0 Å². The van der Waals surface area contributed by atoms with Crippen molar-refractivity contribution in [1.82, 2.24) is 9.97 Å². The highest BCUT2D eigenvalue weighted by atomic mass is 16.1. The smallest absolute Gasteiger partial charge is 0.259 e. The predicted molar refractivity (Wildman–Crippen MR) is 94.3 cm³/mol. The van der Waals surface area contributed by atoms with Crippen molar-refractivity contribution in [3.8, 4) is 22.5 Å². The quantitative estimate of drug-likeness (QED) is 0.757. The molecule has 2 aromatic carbocycles. The molecule has 0 saturated heterocycles. The van der Waals surface area contributed by atoms with Crippen LogP contribution < -0.4 is 5.56 Å². The van der Waals surface area contributed by atoms with Crippen molar-refractivity contribution < 1.29 is 0 Å². The van der Waals surface area contributed by atoms with Crippen LogP contribution in [0.4, 0.5) is 0 Å². The van der Waals surface area contributed by atoms with Crippen LogP contribution in [0.5, 0.6) is 0 Å². The van der Waals surface area contributed by atoms with Crippen molar-refractivity contribution in [2.75, 3.05) is 0 Å². The molecule has 0 fully saturated rings. The summed E-state index contributed by atoms with van der Waals surface area (Å²) in [5.41, 5.74) is 3.35. The molecule has 0 aliphatic heterocycles. The number of nitrogens with one attached hydrogen (secondary N) is 1. The van der Waals surface area contributed by atoms with E-state index in [-0.39, 0.29) is 5.56 Å². The van der Waals surface area contributed by atoms with Gasteiger partial charge in [0, 0.05) is 5.56 Å². The Balaban J connectivity index is 2.15. The van der Waals surface area contributed by atoms with E-state index in [1.165, 1.54) is 0 Å². The lowest BCUT2D eigenvalue weighted by atomic mass is 10.0. The van der Waals surface area contributed by atoms with E-state index in [0.717, 1.165) is 36.1 Å². The highest BCUT2D eigenvalue weighted by Gasteiger charge is 2.13. The molecule has 3 aromatic rings. The molecule has 116 valence electrons. The fourth-order valence-corrected chi connectivity index (χ4v) is 2.68. The first-order valence-corrected chi connectivity index (χ1v) is 8.03. The van der Waals surface area contributed by atoms with Crippen molar-refractivity contribution in [2.24, 2.45) is 0 Å². The van der Waals surface area contributed by atoms with Crippen LogP contribution in [0, 0.1) is 0 Å². The van der Waals surface area contributed by atoms with Crippen LogP contribution in [0.1, 0.15) is 25.5 Å². The van der Waals surface area contributed by atoms with Crippen molar-refractivity contribution in [3.05, 3.63) is 76.7 Å². The molecule has 0 radical (unpaired) electrons. The number of hydrogen-bond donors (Lipinski definition) is 1. The lowest BCUT2D eigenvalue weighted by Crippen LogP contribution is -2.16. The van der Waals surface area contributed by atoms with Gasteiger partial charge in [-0.15, -0.1) is 0 Å². The zero-order valence-electron chi connectivity index (χ0n) is 13.3. The molecular formula is C20H20N2O. The number of H-pyrrole nitrogens is 1. The van der Waals surface area contributed by atoms with Crippen LogP contribution in [0.25, 0.3) is 22.5 Å². The highest BCUT2D eigenvalue weighted by molar-refractivity contribution is 5.67.